The molecule has 0 aromatic heterocycles. The zero-order valence-electron chi connectivity index (χ0n) is 10.9. The first-order valence-corrected chi connectivity index (χ1v) is 6.91. The van der Waals surface area contributed by atoms with Crippen molar-refractivity contribution in [1.29, 1.82) is 0 Å². The van der Waals surface area contributed by atoms with Gasteiger partial charge in [-0.25, -0.2) is 4.79 Å². The van der Waals surface area contributed by atoms with Gasteiger partial charge in [0.1, 0.15) is 0 Å². The fraction of sp³-hybridized carbons (Fsp3) is 0. The molecule has 1 amide bonds. The quantitative estimate of drug-likeness (QED) is 0.632. The van der Waals surface area contributed by atoms with Gasteiger partial charge in [-0.15, -0.1) is 0 Å². The average Bonchev–Trinajstić information content (AvgIpc) is 2.46. The molecule has 2 aromatic rings. The summed E-state index contributed by atoms with van der Waals surface area (Å²) in [6.07, 6.45) is 3.21. The van der Waals surface area contributed by atoms with Gasteiger partial charge >= 0.3 is 6.09 Å². The predicted octanol–water partition coefficient (Wildman–Crippen LogP) is 4.52. The molecule has 0 aliphatic rings. The van der Waals surface area contributed by atoms with Crippen LogP contribution in [0.5, 0.6) is 0 Å². The van der Waals surface area contributed by atoms with Gasteiger partial charge in [-0.3, -0.25) is 10.1 Å². The Kier molecular flexibility index (Phi) is 4.90. The molecular formula is C16H12BrNO3. The molecule has 0 heterocycles. The highest BCUT2D eigenvalue weighted by atomic mass is 79.9. The molecule has 0 radical (unpaired) electrons. The SMILES string of the molecule is O=Cc1cc(Br)ccc1/C=C/c1ccccc1NC(=O)O. The summed E-state index contributed by atoms with van der Waals surface area (Å²) in [6.45, 7) is 0. The summed E-state index contributed by atoms with van der Waals surface area (Å²) in [5.74, 6) is 0. The largest absolute Gasteiger partial charge is 0.465 e. The molecule has 0 bridgehead atoms. The number of rotatable bonds is 4. The maximum absolute atomic E-state index is 11.1. The molecule has 2 rings (SSSR count). The number of aldehydes is 1. The zero-order chi connectivity index (χ0) is 15.2. The molecule has 0 aliphatic carbocycles. The van der Waals surface area contributed by atoms with Crippen LogP contribution in [0.3, 0.4) is 0 Å². The second-order valence-electron chi connectivity index (χ2n) is 4.24. The van der Waals surface area contributed by atoms with Gasteiger partial charge in [-0.05, 0) is 29.3 Å². The van der Waals surface area contributed by atoms with E-state index >= 15 is 0 Å². The molecule has 0 fully saturated rings. The minimum absolute atomic E-state index is 0.492. The first-order valence-electron chi connectivity index (χ1n) is 6.12. The Morgan fingerprint density at radius 3 is 2.48 bits per heavy atom. The Morgan fingerprint density at radius 1 is 1.05 bits per heavy atom. The Morgan fingerprint density at radius 2 is 1.76 bits per heavy atom. The monoisotopic (exact) mass is 345 g/mol. The second kappa shape index (κ2) is 6.85. The minimum Gasteiger partial charge on any atom is -0.465 e. The normalized spacial score (nSPS) is 10.5. The highest BCUT2D eigenvalue weighted by Crippen LogP contribution is 2.21. The maximum Gasteiger partial charge on any atom is 0.409 e. The number of carbonyl (C=O) groups excluding carboxylic acids is 1. The number of benzene rings is 2. The molecule has 5 heteroatoms. The fourth-order valence-electron chi connectivity index (χ4n) is 1.85. The third kappa shape index (κ3) is 4.03. The lowest BCUT2D eigenvalue weighted by atomic mass is 10.1. The van der Waals surface area contributed by atoms with Gasteiger partial charge in [0.25, 0.3) is 0 Å². The number of amides is 1. The Bertz CT molecular complexity index is 710. The number of carboxylic acid groups (broad SMARTS) is 1. The van der Waals surface area contributed by atoms with Crippen LogP contribution in [0.4, 0.5) is 10.5 Å². The lowest BCUT2D eigenvalue weighted by Crippen LogP contribution is -2.08. The molecule has 0 atom stereocenters. The number of halogens is 1. The first-order chi connectivity index (χ1) is 10.1. The molecule has 4 nitrogen and oxygen atoms in total. The lowest BCUT2D eigenvalue weighted by molar-refractivity contribution is 0.112. The van der Waals surface area contributed by atoms with Crippen LogP contribution in [-0.2, 0) is 0 Å². The van der Waals surface area contributed by atoms with Crippen LogP contribution in [0.1, 0.15) is 21.5 Å². The number of carbonyl (C=O) groups is 2. The Balaban J connectivity index is 2.34. The van der Waals surface area contributed by atoms with Gasteiger partial charge in [0.05, 0.1) is 5.69 Å². The summed E-state index contributed by atoms with van der Waals surface area (Å²) < 4.78 is 0.828. The molecule has 2 aromatic carbocycles. The van der Waals surface area contributed by atoms with E-state index in [1.165, 1.54) is 0 Å². The van der Waals surface area contributed by atoms with Gasteiger partial charge in [0, 0.05) is 10.0 Å². The minimum atomic E-state index is -1.12. The fourth-order valence-corrected chi connectivity index (χ4v) is 2.23. The summed E-state index contributed by atoms with van der Waals surface area (Å²) in [5, 5.41) is 11.1. The molecule has 0 saturated carbocycles. The standard InChI is InChI=1S/C16H12BrNO3/c17-14-8-7-11(13(9-14)10-19)5-6-12-3-1-2-4-15(12)18-16(20)21/h1-10,18H,(H,20,21)/b6-5+. The summed E-state index contributed by atoms with van der Waals surface area (Å²) in [4.78, 5) is 21.8. The van der Waals surface area contributed by atoms with E-state index in [0.717, 1.165) is 21.9 Å². The van der Waals surface area contributed by atoms with Crippen molar-refractivity contribution in [2.24, 2.45) is 0 Å². The molecule has 0 aliphatic heterocycles. The molecular weight excluding hydrogens is 334 g/mol. The molecule has 0 unspecified atom stereocenters. The summed E-state index contributed by atoms with van der Waals surface area (Å²) in [7, 11) is 0. The van der Waals surface area contributed by atoms with E-state index in [1.54, 1.807) is 36.4 Å². The van der Waals surface area contributed by atoms with Crippen molar-refractivity contribution in [3.63, 3.8) is 0 Å². The lowest BCUT2D eigenvalue weighted by Gasteiger charge is -2.05. The topological polar surface area (TPSA) is 66.4 Å². The summed E-state index contributed by atoms with van der Waals surface area (Å²) in [5.41, 5.74) is 2.54. The van der Waals surface area contributed by atoms with E-state index in [-0.39, 0.29) is 0 Å². The molecule has 21 heavy (non-hydrogen) atoms. The van der Waals surface area contributed by atoms with Gasteiger partial charge in [0.15, 0.2) is 6.29 Å². The number of hydrogen-bond acceptors (Lipinski definition) is 2. The van der Waals surface area contributed by atoms with Crippen molar-refractivity contribution >= 4 is 46.1 Å². The van der Waals surface area contributed by atoms with E-state index in [2.05, 4.69) is 21.2 Å². The van der Waals surface area contributed by atoms with E-state index in [1.807, 2.05) is 18.2 Å². The van der Waals surface area contributed by atoms with E-state index in [9.17, 15) is 9.59 Å². The average molecular weight is 346 g/mol. The van der Waals surface area contributed by atoms with Crippen LogP contribution in [0, 0.1) is 0 Å². The predicted molar refractivity (Wildman–Crippen MR) is 86.5 cm³/mol. The van der Waals surface area contributed by atoms with Crippen LogP contribution in [0.2, 0.25) is 0 Å². The third-order valence-corrected chi connectivity index (χ3v) is 3.31. The van der Waals surface area contributed by atoms with Crippen LogP contribution in [0.25, 0.3) is 12.2 Å². The van der Waals surface area contributed by atoms with Crippen molar-refractivity contribution in [2.45, 2.75) is 0 Å². The van der Waals surface area contributed by atoms with E-state index in [4.69, 9.17) is 5.11 Å². The van der Waals surface area contributed by atoms with Crippen LogP contribution in [-0.4, -0.2) is 17.5 Å². The van der Waals surface area contributed by atoms with Crippen molar-refractivity contribution < 1.29 is 14.7 Å². The van der Waals surface area contributed by atoms with Crippen LogP contribution < -0.4 is 5.32 Å². The Hall–Kier alpha value is -2.40. The number of nitrogens with one attached hydrogen (secondary N) is 1. The van der Waals surface area contributed by atoms with Crippen LogP contribution >= 0.6 is 15.9 Å². The van der Waals surface area contributed by atoms with E-state index in [0.29, 0.717) is 11.3 Å². The van der Waals surface area contributed by atoms with Crippen molar-refractivity contribution in [2.75, 3.05) is 5.32 Å². The van der Waals surface area contributed by atoms with Crippen molar-refractivity contribution in [3.05, 3.63) is 63.6 Å². The molecule has 0 spiro atoms. The number of hydrogen-bond donors (Lipinski definition) is 2. The van der Waals surface area contributed by atoms with Gasteiger partial charge in [-0.1, -0.05) is 52.3 Å². The van der Waals surface area contributed by atoms with Crippen molar-refractivity contribution in [3.8, 4) is 0 Å². The van der Waals surface area contributed by atoms with Gasteiger partial charge in [-0.2, -0.15) is 0 Å². The first kappa shape index (κ1) is 15.0. The molecule has 106 valence electrons. The maximum atomic E-state index is 11.1. The number of para-hydroxylation sites is 1. The van der Waals surface area contributed by atoms with Gasteiger partial charge in [0.2, 0.25) is 0 Å². The van der Waals surface area contributed by atoms with Gasteiger partial charge < -0.3 is 5.11 Å². The Labute approximate surface area is 130 Å². The molecule has 2 N–H and O–H groups in total. The summed E-state index contributed by atoms with van der Waals surface area (Å²) >= 11 is 3.31. The third-order valence-electron chi connectivity index (χ3n) is 2.82. The summed E-state index contributed by atoms with van der Waals surface area (Å²) in [6, 6.07) is 12.4. The van der Waals surface area contributed by atoms with E-state index < -0.39 is 6.09 Å². The van der Waals surface area contributed by atoms with Crippen molar-refractivity contribution in [1.82, 2.24) is 0 Å². The van der Waals surface area contributed by atoms with Crippen LogP contribution in [0.15, 0.2) is 46.9 Å². The highest BCUT2D eigenvalue weighted by molar-refractivity contribution is 9.10. The smallest absolute Gasteiger partial charge is 0.409 e. The number of anilines is 1. The molecule has 0 saturated heterocycles. The highest BCUT2D eigenvalue weighted by Gasteiger charge is 2.03. The second-order valence-corrected chi connectivity index (χ2v) is 5.16. The zero-order valence-corrected chi connectivity index (χ0v) is 12.5.